The molecule has 0 radical (unpaired) electrons. The van der Waals surface area contributed by atoms with Gasteiger partial charge in [-0.3, -0.25) is 19.2 Å². The molecule has 134 valence electrons. The average molecular weight is 355 g/mol. The second-order valence-corrected chi connectivity index (χ2v) is 6.15. The van der Waals surface area contributed by atoms with Gasteiger partial charge in [0.15, 0.2) is 11.5 Å². The number of amides is 2. The third-order valence-corrected chi connectivity index (χ3v) is 4.41. The molecule has 3 aromatic heterocycles. The van der Waals surface area contributed by atoms with Gasteiger partial charge in [0.2, 0.25) is 0 Å². The fraction of sp³-hybridized carbons (Fsp3) is 0.312. The van der Waals surface area contributed by atoms with Gasteiger partial charge in [-0.1, -0.05) is 0 Å². The summed E-state index contributed by atoms with van der Waals surface area (Å²) in [6.45, 7) is 0.562. The summed E-state index contributed by atoms with van der Waals surface area (Å²) in [5.74, 6) is -0.0807. The van der Waals surface area contributed by atoms with E-state index < -0.39 is 17.6 Å². The van der Waals surface area contributed by atoms with Crippen LogP contribution in [0.4, 0.5) is 5.82 Å². The zero-order valence-electron chi connectivity index (χ0n) is 14.0. The normalized spacial score (nSPS) is 17.7. The van der Waals surface area contributed by atoms with Gasteiger partial charge in [0, 0.05) is 32.1 Å². The number of fused-ring (bicyclic) bond motifs is 1. The van der Waals surface area contributed by atoms with Gasteiger partial charge in [0.05, 0.1) is 5.56 Å². The van der Waals surface area contributed by atoms with Crippen molar-refractivity contribution in [3.8, 4) is 0 Å². The maximum Gasteiger partial charge on any atom is 0.347 e. The first-order chi connectivity index (χ1) is 12.5. The molecule has 4 heterocycles. The average Bonchev–Trinajstić information content (AvgIpc) is 3.23. The van der Waals surface area contributed by atoms with Crippen LogP contribution in [-0.2, 0) is 11.8 Å². The Hall–Kier alpha value is -3.43. The lowest BCUT2D eigenvalue weighted by molar-refractivity contribution is -0.121. The third-order valence-electron chi connectivity index (χ3n) is 4.41. The number of hydrogen-bond acceptors (Lipinski definition) is 5. The standard InChI is InChI=1S/C16H17N7O3/c1-21-9-6-12(20-21)22-7-3-5-11(15(22)25)17-14(24)10-4-2-8-23-13(10)18-19-16(23)26/h2,4,6,8-9,11H,3,5,7H2,1H3,(H,17,24)(H,19,26). The van der Waals surface area contributed by atoms with Gasteiger partial charge in [-0.05, 0) is 25.0 Å². The predicted octanol–water partition coefficient (Wildman–Crippen LogP) is -0.318. The molecule has 1 fully saturated rings. The highest BCUT2D eigenvalue weighted by Gasteiger charge is 2.32. The van der Waals surface area contributed by atoms with E-state index in [1.165, 1.54) is 10.6 Å². The summed E-state index contributed by atoms with van der Waals surface area (Å²) in [4.78, 5) is 38.6. The molecule has 10 heteroatoms. The number of pyridine rings is 1. The first-order valence-corrected chi connectivity index (χ1v) is 8.22. The Morgan fingerprint density at radius 1 is 1.31 bits per heavy atom. The second kappa shape index (κ2) is 6.14. The number of H-pyrrole nitrogens is 1. The molecular weight excluding hydrogens is 338 g/mol. The van der Waals surface area contributed by atoms with Crippen LogP contribution in [0, 0.1) is 0 Å². The molecule has 0 aromatic carbocycles. The van der Waals surface area contributed by atoms with E-state index in [2.05, 4.69) is 20.6 Å². The number of hydrogen-bond donors (Lipinski definition) is 2. The number of piperidine rings is 1. The lowest BCUT2D eigenvalue weighted by Crippen LogP contribution is -2.52. The van der Waals surface area contributed by atoms with Crippen LogP contribution in [0.2, 0.25) is 0 Å². The first-order valence-electron chi connectivity index (χ1n) is 8.22. The molecule has 2 amide bonds. The molecule has 1 unspecified atom stereocenters. The molecule has 4 rings (SSSR count). The summed E-state index contributed by atoms with van der Waals surface area (Å²) >= 11 is 0. The fourth-order valence-electron chi connectivity index (χ4n) is 3.13. The van der Waals surface area contributed by atoms with Crippen LogP contribution in [0.1, 0.15) is 23.2 Å². The topological polar surface area (TPSA) is 117 Å². The monoisotopic (exact) mass is 355 g/mol. The van der Waals surface area contributed by atoms with Crippen LogP contribution < -0.4 is 15.9 Å². The first kappa shape index (κ1) is 16.1. The Kier molecular flexibility index (Phi) is 3.79. The van der Waals surface area contributed by atoms with Crippen molar-refractivity contribution in [1.82, 2.24) is 29.7 Å². The summed E-state index contributed by atoms with van der Waals surface area (Å²) in [7, 11) is 1.78. The van der Waals surface area contributed by atoms with Crippen LogP contribution in [0.3, 0.4) is 0 Å². The van der Waals surface area contributed by atoms with Crippen molar-refractivity contribution in [3.05, 3.63) is 46.6 Å². The zero-order chi connectivity index (χ0) is 18.3. The highest BCUT2D eigenvalue weighted by Crippen LogP contribution is 2.19. The van der Waals surface area contributed by atoms with Crippen molar-refractivity contribution in [2.45, 2.75) is 18.9 Å². The Labute approximate surface area is 147 Å². The SMILES string of the molecule is Cn1ccc(N2CCCC(NC(=O)c3cccn4c(=O)[nH]nc34)C2=O)n1. The van der Waals surface area contributed by atoms with Crippen LogP contribution in [0.15, 0.2) is 35.4 Å². The van der Waals surface area contributed by atoms with Gasteiger partial charge >= 0.3 is 5.69 Å². The molecule has 1 atom stereocenters. The Morgan fingerprint density at radius 2 is 2.15 bits per heavy atom. The van der Waals surface area contributed by atoms with E-state index >= 15 is 0 Å². The molecule has 0 saturated carbocycles. The maximum absolute atomic E-state index is 12.8. The number of nitrogens with one attached hydrogen (secondary N) is 2. The molecule has 10 nitrogen and oxygen atoms in total. The Morgan fingerprint density at radius 3 is 2.92 bits per heavy atom. The van der Waals surface area contributed by atoms with Gasteiger partial charge in [-0.15, -0.1) is 0 Å². The van der Waals surface area contributed by atoms with E-state index in [1.54, 1.807) is 41.0 Å². The zero-order valence-corrected chi connectivity index (χ0v) is 14.0. The van der Waals surface area contributed by atoms with Crippen molar-refractivity contribution in [3.63, 3.8) is 0 Å². The lowest BCUT2D eigenvalue weighted by atomic mass is 10.0. The minimum atomic E-state index is -0.649. The van der Waals surface area contributed by atoms with Gasteiger partial charge in [-0.2, -0.15) is 10.2 Å². The van der Waals surface area contributed by atoms with E-state index in [0.717, 1.165) is 6.42 Å². The molecular formula is C16H17N7O3. The molecule has 2 N–H and O–H groups in total. The predicted molar refractivity (Wildman–Crippen MR) is 91.9 cm³/mol. The number of carbonyl (C=O) groups is 2. The van der Waals surface area contributed by atoms with Crippen LogP contribution >= 0.6 is 0 Å². The van der Waals surface area contributed by atoms with E-state index in [-0.39, 0.29) is 17.1 Å². The van der Waals surface area contributed by atoms with E-state index in [1.807, 2.05) is 0 Å². The highest BCUT2D eigenvalue weighted by molar-refractivity contribution is 6.04. The molecule has 1 aliphatic heterocycles. The van der Waals surface area contributed by atoms with Gasteiger partial charge < -0.3 is 5.32 Å². The number of aryl methyl sites for hydroxylation is 1. The number of rotatable bonds is 3. The molecule has 0 bridgehead atoms. The maximum atomic E-state index is 12.8. The van der Waals surface area contributed by atoms with Crippen LogP contribution in [0.5, 0.6) is 0 Å². The van der Waals surface area contributed by atoms with E-state index in [4.69, 9.17) is 0 Å². The molecule has 1 saturated heterocycles. The van der Waals surface area contributed by atoms with E-state index in [9.17, 15) is 14.4 Å². The Bertz CT molecular complexity index is 1050. The van der Waals surface area contributed by atoms with Crippen molar-refractivity contribution < 1.29 is 9.59 Å². The lowest BCUT2D eigenvalue weighted by Gasteiger charge is -2.31. The Balaban J connectivity index is 1.57. The third kappa shape index (κ3) is 2.65. The smallest absolute Gasteiger partial charge is 0.340 e. The van der Waals surface area contributed by atoms with Gasteiger partial charge in [0.1, 0.15) is 6.04 Å². The molecule has 26 heavy (non-hydrogen) atoms. The number of anilines is 1. The summed E-state index contributed by atoms with van der Waals surface area (Å²) < 4.78 is 2.87. The van der Waals surface area contributed by atoms with Crippen molar-refractivity contribution in [2.24, 2.45) is 7.05 Å². The number of nitrogens with zero attached hydrogens (tertiary/aromatic N) is 5. The van der Waals surface area contributed by atoms with Crippen LogP contribution in [-0.4, -0.2) is 48.8 Å². The van der Waals surface area contributed by atoms with Crippen LogP contribution in [0.25, 0.3) is 5.65 Å². The summed E-state index contributed by atoms with van der Waals surface area (Å²) in [5.41, 5.74) is 0.0261. The highest BCUT2D eigenvalue weighted by atomic mass is 16.2. The largest absolute Gasteiger partial charge is 0.347 e. The summed E-state index contributed by atoms with van der Waals surface area (Å²) in [5, 5.41) is 13.2. The molecule has 0 spiro atoms. The van der Waals surface area contributed by atoms with Crippen molar-refractivity contribution >= 4 is 23.3 Å². The second-order valence-electron chi connectivity index (χ2n) is 6.15. The molecule has 0 aliphatic carbocycles. The quantitative estimate of drug-likeness (QED) is 0.668. The van der Waals surface area contributed by atoms with Crippen molar-refractivity contribution in [1.29, 1.82) is 0 Å². The minimum absolute atomic E-state index is 0.199. The molecule has 3 aromatic rings. The summed E-state index contributed by atoms with van der Waals surface area (Å²) in [6, 6.07) is 4.26. The number of aromatic nitrogens is 5. The number of aromatic amines is 1. The summed E-state index contributed by atoms with van der Waals surface area (Å²) in [6.07, 6.45) is 4.58. The van der Waals surface area contributed by atoms with Gasteiger partial charge in [0.25, 0.3) is 11.8 Å². The molecule has 1 aliphatic rings. The van der Waals surface area contributed by atoms with Gasteiger partial charge in [-0.25, -0.2) is 14.3 Å². The minimum Gasteiger partial charge on any atom is -0.340 e. The van der Waals surface area contributed by atoms with Crippen molar-refractivity contribution in [2.75, 3.05) is 11.4 Å². The van der Waals surface area contributed by atoms with E-state index in [0.29, 0.717) is 18.8 Å². The fourth-order valence-corrected chi connectivity index (χ4v) is 3.13. The number of carbonyl (C=O) groups excluding carboxylic acids is 2.